The van der Waals surface area contributed by atoms with E-state index in [0.717, 1.165) is 16.7 Å². The van der Waals surface area contributed by atoms with E-state index in [0.29, 0.717) is 17.7 Å². The molecule has 11 heteroatoms. The second-order valence-corrected chi connectivity index (χ2v) is 7.93. The van der Waals surface area contributed by atoms with Gasteiger partial charge >= 0.3 is 6.18 Å². The number of alkyl halides is 3. The predicted molar refractivity (Wildman–Crippen MR) is 119 cm³/mol. The summed E-state index contributed by atoms with van der Waals surface area (Å²) in [5, 5.41) is 18.4. The van der Waals surface area contributed by atoms with Crippen LogP contribution in [-0.4, -0.2) is 4.57 Å². The van der Waals surface area contributed by atoms with Crippen LogP contribution in [0.3, 0.4) is 0 Å². The normalized spacial score (nSPS) is 11.2. The summed E-state index contributed by atoms with van der Waals surface area (Å²) in [4.78, 5) is 13.0. The molecular formula is C25H11ClF5N3O2. The maximum absolute atomic E-state index is 14.3. The van der Waals surface area contributed by atoms with E-state index in [9.17, 15) is 32.0 Å². The molecule has 5 nitrogen and oxygen atoms in total. The highest BCUT2D eigenvalue weighted by Crippen LogP contribution is 2.36. The van der Waals surface area contributed by atoms with E-state index in [2.05, 4.69) is 0 Å². The standard InChI is InChI=1S/C25H11ClF5N3O2/c26-19-7-13(1-2-14(19)10-32)22-5-6-23(36-22)21-9-18(25(29,30)31)17(11-33)24(35)34(21)12-15-3-4-16(27)8-20(15)28/h1-9H,12H2. The Bertz CT molecular complexity index is 1640. The minimum absolute atomic E-state index is 0.120. The first-order valence-electron chi connectivity index (χ1n) is 10.0. The molecule has 180 valence electrons. The second-order valence-electron chi connectivity index (χ2n) is 7.53. The Morgan fingerprint density at radius 1 is 0.944 bits per heavy atom. The Kier molecular flexibility index (Phi) is 6.40. The lowest BCUT2D eigenvalue weighted by Gasteiger charge is -2.16. The molecule has 0 unspecified atom stereocenters. The lowest BCUT2D eigenvalue weighted by Crippen LogP contribution is -2.29. The molecule has 4 rings (SSSR count). The van der Waals surface area contributed by atoms with Crippen LogP contribution in [0.15, 0.2) is 63.8 Å². The van der Waals surface area contributed by atoms with Crippen molar-refractivity contribution in [1.29, 1.82) is 10.5 Å². The van der Waals surface area contributed by atoms with E-state index in [1.807, 2.05) is 6.07 Å². The van der Waals surface area contributed by atoms with E-state index in [-0.39, 0.29) is 33.4 Å². The first kappa shape index (κ1) is 24.7. The lowest BCUT2D eigenvalue weighted by atomic mass is 10.1. The minimum atomic E-state index is -5.05. The summed E-state index contributed by atoms with van der Waals surface area (Å²) in [6, 6.07) is 13.3. The van der Waals surface area contributed by atoms with Crippen molar-refractivity contribution in [3.63, 3.8) is 0 Å². The molecule has 4 aromatic rings. The lowest BCUT2D eigenvalue weighted by molar-refractivity contribution is -0.137. The van der Waals surface area contributed by atoms with Gasteiger partial charge in [-0.3, -0.25) is 9.36 Å². The van der Waals surface area contributed by atoms with E-state index >= 15 is 0 Å². The number of benzene rings is 2. The van der Waals surface area contributed by atoms with Crippen molar-refractivity contribution in [2.24, 2.45) is 0 Å². The van der Waals surface area contributed by atoms with Gasteiger partial charge in [-0.05, 0) is 42.5 Å². The molecule has 0 aliphatic heterocycles. The van der Waals surface area contributed by atoms with Crippen LogP contribution in [0.25, 0.3) is 22.8 Å². The molecule has 0 fully saturated rings. The summed E-state index contributed by atoms with van der Waals surface area (Å²) in [6.07, 6.45) is -5.05. The number of furan rings is 1. The maximum Gasteiger partial charge on any atom is 0.417 e. The molecule has 2 aromatic carbocycles. The van der Waals surface area contributed by atoms with Crippen LogP contribution in [0.2, 0.25) is 5.02 Å². The summed E-state index contributed by atoms with van der Waals surface area (Å²) in [5.74, 6) is -1.95. The zero-order chi connectivity index (χ0) is 26.2. The predicted octanol–water partition coefficient (Wildman–Crippen LogP) is 6.52. The fourth-order valence-electron chi connectivity index (χ4n) is 3.55. The molecule has 0 spiro atoms. The van der Waals surface area contributed by atoms with Gasteiger partial charge in [0.05, 0.1) is 28.4 Å². The Morgan fingerprint density at radius 3 is 2.28 bits per heavy atom. The second kappa shape index (κ2) is 9.33. The SMILES string of the molecule is N#Cc1ccc(-c2ccc(-c3cc(C(F)(F)F)c(C#N)c(=O)n3Cc3ccc(F)cc3F)o2)cc1Cl. The number of aromatic nitrogens is 1. The van der Waals surface area contributed by atoms with Crippen LogP contribution in [0.4, 0.5) is 22.0 Å². The Labute approximate surface area is 204 Å². The van der Waals surface area contributed by atoms with Gasteiger partial charge in [0.2, 0.25) is 0 Å². The summed E-state index contributed by atoms with van der Waals surface area (Å²) >= 11 is 6.04. The number of hydrogen-bond acceptors (Lipinski definition) is 4. The van der Waals surface area contributed by atoms with E-state index < -0.39 is 41.0 Å². The molecule has 36 heavy (non-hydrogen) atoms. The number of hydrogen-bond donors (Lipinski definition) is 0. The van der Waals surface area contributed by atoms with Gasteiger partial charge in [0.15, 0.2) is 5.76 Å². The summed E-state index contributed by atoms with van der Waals surface area (Å²) in [7, 11) is 0. The van der Waals surface area contributed by atoms with Gasteiger partial charge in [-0.2, -0.15) is 23.7 Å². The van der Waals surface area contributed by atoms with Crippen molar-refractivity contribution in [3.8, 4) is 34.9 Å². The first-order chi connectivity index (χ1) is 17.0. The van der Waals surface area contributed by atoms with Crippen LogP contribution >= 0.6 is 11.6 Å². The van der Waals surface area contributed by atoms with Crippen molar-refractivity contribution < 1.29 is 26.4 Å². The highest BCUT2D eigenvalue weighted by Gasteiger charge is 2.37. The Morgan fingerprint density at radius 2 is 1.67 bits per heavy atom. The van der Waals surface area contributed by atoms with Gasteiger partial charge in [-0.1, -0.05) is 17.7 Å². The maximum atomic E-state index is 14.3. The number of nitriles is 2. The van der Waals surface area contributed by atoms with Crippen molar-refractivity contribution in [2.45, 2.75) is 12.7 Å². The van der Waals surface area contributed by atoms with Crippen molar-refractivity contribution >= 4 is 11.6 Å². The Hall–Kier alpha value is -4.41. The zero-order valence-corrected chi connectivity index (χ0v) is 18.6. The molecule has 0 saturated heterocycles. The molecule has 2 aromatic heterocycles. The molecule has 0 saturated carbocycles. The highest BCUT2D eigenvalue weighted by atomic mass is 35.5. The number of rotatable bonds is 4. The quantitative estimate of drug-likeness (QED) is 0.290. The fourth-order valence-corrected chi connectivity index (χ4v) is 3.77. The molecule has 0 radical (unpaired) electrons. The van der Waals surface area contributed by atoms with Gasteiger partial charge < -0.3 is 4.42 Å². The zero-order valence-electron chi connectivity index (χ0n) is 17.8. The third-order valence-corrected chi connectivity index (χ3v) is 5.61. The van der Waals surface area contributed by atoms with Crippen molar-refractivity contribution in [1.82, 2.24) is 4.57 Å². The topological polar surface area (TPSA) is 82.7 Å². The molecule has 0 aliphatic rings. The largest absolute Gasteiger partial charge is 0.455 e. The molecule has 2 heterocycles. The third-order valence-electron chi connectivity index (χ3n) is 5.29. The molecule has 0 amide bonds. The Balaban J connectivity index is 1.92. The molecular weight excluding hydrogens is 505 g/mol. The van der Waals surface area contributed by atoms with E-state index in [4.69, 9.17) is 21.3 Å². The van der Waals surface area contributed by atoms with Crippen LogP contribution in [0.1, 0.15) is 22.3 Å². The van der Waals surface area contributed by atoms with Crippen LogP contribution in [-0.2, 0) is 12.7 Å². The number of nitrogens with zero attached hydrogens (tertiary/aromatic N) is 3. The van der Waals surface area contributed by atoms with Gasteiger partial charge in [0.25, 0.3) is 5.56 Å². The summed E-state index contributed by atoms with van der Waals surface area (Å²) in [6.45, 7) is -0.605. The third kappa shape index (κ3) is 4.59. The molecule has 0 bridgehead atoms. The average Bonchev–Trinajstić information content (AvgIpc) is 3.31. The van der Waals surface area contributed by atoms with Crippen LogP contribution in [0.5, 0.6) is 0 Å². The fraction of sp³-hybridized carbons (Fsp3) is 0.0800. The summed E-state index contributed by atoms with van der Waals surface area (Å²) < 4.78 is 75.2. The van der Waals surface area contributed by atoms with Gasteiger partial charge in [-0.15, -0.1) is 0 Å². The van der Waals surface area contributed by atoms with Crippen molar-refractivity contribution in [3.05, 3.63) is 104 Å². The smallest absolute Gasteiger partial charge is 0.417 e. The van der Waals surface area contributed by atoms with Gasteiger partial charge in [0, 0.05) is 17.2 Å². The first-order valence-corrected chi connectivity index (χ1v) is 10.4. The molecule has 0 N–H and O–H groups in total. The monoisotopic (exact) mass is 515 g/mol. The van der Waals surface area contributed by atoms with Crippen LogP contribution in [0, 0.1) is 34.3 Å². The summed E-state index contributed by atoms with van der Waals surface area (Å²) in [5.41, 5.74) is -3.99. The minimum Gasteiger partial charge on any atom is -0.455 e. The molecule has 0 atom stereocenters. The average molecular weight is 516 g/mol. The van der Waals surface area contributed by atoms with Crippen molar-refractivity contribution in [2.75, 3.05) is 0 Å². The highest BCUT2D eigenvalue weighted by molar-refractivity contribution is 6.32. The van der Waals surface area contributed by atoms with Gasteiger partial charge in [0.1, 0.15) is 35.1 Å². The van der Waals surface area contributed by atoms with E-state index in [1.54, 1.807) is 0 Å². The van der Waals surface area contributed by atoms with Crippen LogP contribution < -0.4 is 5.56 Å². The number of pyridine rings is 1. The number of halogens is 6. The van der Waals surface area contributed by atoms with E-state index in [1.165, 1.54) is 36.4 Å². The van der Waals surface area contributed by atoms with Gasteiger partial charge in [-0.25, -0.2) is 8.78 Å². The molecule has 0 aliphatic carbocycles.